The maximum absolute atomic E-state index is 14.8. The molecule has 8 nitrogen and oxygen atoms in total. The molecule has 29 heavy (non-hydrogen) atoms. The maximum atomic E-state index is 14.8. The highest BCUT2D eigenvalue weighted by Crippen LogP contribution is 2.31. The summed E-state index contributed by atoms with van der Waals surface area (Å²) in [4.78, 5) is 32.6. The van der Waals surface area contributed by atoms with Crippen LogP contribution in [0, 0.1) is 6.92 Å². The van der Waals surface area contributed by atoms with Gasteiger partial charge in [0.15, 0.2) is 5.13 Å². The van der Waals surface area contributed by atoms with E-state index >= 15 is 0 Å². The number of halogens is 3. The van der Waals surface area contributed by atoms with Crippen molar-refractivity contribution in [1.82, 2.24) is 15.3 Å². The molecule has 0 aliphatic carbocycles. The van der Waals surface area contributed by atoms with Crippen LogP contribution in [0.15, 0.2) is 0 Å². The van der Waals surface area contributed by atoms with Crippen molar-refractivity contribution in [2.45, 2.75) is 32.2 Å². The van der Waals surface area contributed by atoms with Crippen molar-refractivity contribution in [3.63, 3.8) is 0 Å². The van der Waals surface area contributed by atoms with E-state index in [0.717, 1.165) is 11.3 Å². The predicted octanol–water partition coefficient (Wildman–Crippen LogP) is 3.28. The first-order chi connectivity index (χ1) is 13.7. The van der Waals surface area contributed by atoms with Crippen molar-refractivity contribution in [3.05, 3.63) is 32.0 Å². The summed E-state index contributed by atoms with van der Waals surface area (Å²) in [5.74, 6) is -1.63. The van der Waals surface area contributed by atoms with E-state index in [4.69, 9.17) is 27.9 Å². The lowest BCUT2D eigenvalue weighted by Crippen LogP contribution is -2.52. The number of amides is 1. The van der Waals surface area contributed by atoms with Crippen LogP contribution < -0.4 is 10.2 Å². The Labute approximate surface area is 180 Å². The Bertz CT molecular complexity index is 935. The summed E-state index contributed by atoms with van der Waals surface area (Å²) in [7, 11) is 1.45. The number of carbonyl (C=O) groups excluding carboxylic acids is 1. The highest BCUT2D eigenvalue weighted by molar-refractivity contribution is 7.17. The van der Waals surface area contributed by atoms with Crippen molar-refractivity contribution in [3.8, 4) is 0 Å². The molecule has 0 spiro atoms. The highest BCUT2D eigenvalue weighted by atomic mass is 35.5. The van der Waals surface area contributed by atoms with Crippen LogP contribution in [-0.2, 0) is 11.3 Å². The first-order valence-electron chi connectivity index (χ1n) is 8.68. The molecule has 2 aromatic heterocycles. The van der Waals surface area contributed by atoms with Crippen molar-refractivity contribution in [2.24, 2.45) is 0 Å². The number of nitrogens with one attached hydrogen (secondary N) is 2. The number of hydrogen-bond donors (Lipinski definition) is 3. The molecule has 1 aliphatic rings. The second kappa shape index (κ2) is 8.86. The van der Waals surface area contributed by atoms with Gasteiger partial charge in [-0.2, -0.15) is 0 Å². The topological polar surface area (TPSA) is 108 Å². The van der Waals surface area contributed by atoms with Crippen molar-refractivity contribution < 1.29 is 23.8 Å². The van der Waals surface area contributed by atoms with Crippen LogP contribution in [0.2, 0.25) is 10.0 Å². The fraction of sp³-hybridized carbons (Fsp3) is 0.471. The molecule has 3 heterocycles. The summed E-state index contributed by atoms with van der Waals surface area (Å²) in [5.41, 5.74) is 0.955. The molecular formula is C17H19Cl2FN4O4S. The first-order valence-corrected chi connectivity index (χ1v) is 10.3. The third kappa shape index (κ3) is 4.50. The largest absolute Gasteiger partial charge is 0.477 e. The quantitative estimate of drug-likeness (QED) is 0.605. The average molecular weight is 465 g/mol. The van der Waals surface area contributed by atoms with Gasteiger partial charge in [0.25, 0.3) is 5.91 Å². The van der Waals surface area contributed by atoms with Crippen LogP contribution in [0.3, 0.4) is 0 Å². The number of hydrogen-bond acceptors (Lipinski definition) is 6. The van der Waals surface area contributed by atoms with Gasteiger partial charge in [-0.1, -0.05) is 34.5 Å². The van der Waals surface area contributed by atoms with Gasteiger partial charge in [0.05, 0.1) is 34.9 Å². The molecule has 0 bridgehead atoms. The number of ether oxygens (including phenoxy) is 1. The smallest absolute Gasteiger partial charge is 0.347 e. The van der Waals surface area contributed by atoms with Gasteiger partial charge < -0.3 is 25.0 Å². The van der Waals surface area contributed by atoms with Gasteiger partial charge >= 0.3 is 5.97 Å². The van der Waals surface area contributed by atoms with Crippen LogP contribution in [0.4, 0.5) is 9.52 Å². The molecule has 0 radical (unpaired) electrons. The number of alkyl halides is 1. The van der Waals surface area contributed by atoms with Gasteiger partial charge in [0.2, 0.25) is 0 Å². The van der Waals surface area contributed by atoms with E-state index in [2.05, 4.69) is 15.3 Å². The molecule has 1 fully saturated rings. The number of thiazole rings is 1. The number of aromatic nitrogens is 2. The van der Waals surface area contributed by atoms with E-state index in [1.807, 2.05) is 0 Å². The van der Waals surface area contributed by atoms with Crippen molar-refractivity contribution >= 4 is 51.5 Å². The van der Waals surface area contributed by atoms with Crippen molar-refractivity contribution in [2.75, 3.05) is 25.1 Å². The number of H-pyrrole nitrogens is 1. The number of anilines is 1. The van der Waals surface area contributed by atoms with Gasteiger partial charge in [0, 0.05) is 19.3 Å². The van der Waals surface area contributed by atoms with Gasteiger partial charge in [-0.3, -0.25) is 4.79 Å². The van der Waals surface area contributed by atoms with Gasteiger partial charge in [-0.05, 0) is 13.3 Å². The second-order valence-electron chi connectivity index (χ2n) is 6.59. The number of aromatic amines is 1. The van der Waals surface area contributed by atoms with Gasteiger partial charge in [-0.15, -0.1) is 0 Å². The highest BCUT2D eigenvalue weighted by Gasteiger charge is 2.33. The van der Waals surface area contributed by atoms with E-state index in [9.17, 15) is 19.1 Å². The van der Waals surface area contributed by atoms with Gasteiger partial charge in [-0.25, -0.2) is 14.2 Å². The standard InChI is InChI=1S/C17H19Cl2FN4O4S/c1-7-11(18)12(19)13(21-7)15(25)22-9-3-4-24(5-8(9)20)17-23-10(6-28-2)14(29-17)16(26)27/h8-9,21H,3-6H2,1-2H3,(H,22,25)(H,26,27)/t8-,9+/m0/s1. The molecule has 3 rings (SSSR count). The summed E-state index contributed by atoms with van der Waals surface area (Å²) in [6.07, 6.45) is -1.06. The third-order valence-electron chi connectivity index (χ3n) is 4.57. The lowest BCUT2D eigenvalue weighted by molar-refractivity contribution is 0.0696. The molecule has 0 unspecified atom stereocenters. The predicted molar refractivity (Wildman–Crippen MR) is 108 cm³/mol. The number of carboxylic acids is 1. The number of carboxylic acid groups (broad SMARTS) is 1. The lowest BCUT2D eigenvalue weighted by Gasteiger charge is -2.34. The number of nitrogens with zero attached hydrogens (tertiary/aromatic N) is 2. The Hall–Kier alpha value is -1.88. The molecule has 0 saturated carbocycles. The summed E-state index contributed by atoms with van der Waals surface area (Å²) in [5, 5.41) is 12.7. The SMILES string of the molecule is COCc1nc(N2CC[C@@H](NC(=O)c3[nH]c(C)c(Cl)c3Cl)[C@@H](F)C2)sc1C(=O)O. The number of carbonyl (C=O) groups is 2. The Morgan fingerprint density at radius 1 is 1.45 bits per heavy atom. The molecule has 0 aromatic carbocycles. The Kier molecular flexibility index (Phi) is 6.67. The average Bonchev–Trinajstić information content (AvgIpc) is 3.20. The monoisotopic (exact) mass is 464 g/mol. The number of piperidine rings is 1. The summed E-state index contributed by atoms with van der Waals surface area (Å²) in [6.45, 7) is 2.12. The minimum atomic E-state index is -1.37. The minimum absolute atomic E-state index is 0.0256. The molecule has 1 saturated heterocycles. The minimum Gasteiger partial charge on any atom is -0.477 e. The molecular weight excluding hydrogens is 446 g/mol. The van der Waals surface area contributed by atoms with Crippen LogP contribution in [0.25, 0.3) is 0 Å². The summed E-state index contributed by atoms with van der Waals surface area (Å²) < 4.78 is 19.7. The Morgan fingerprint density at radius 3 is 2.72 bits per heavy atom. The number of aromatic carboxylic acids is 1. The van der Waals surface area contributed by atoms with Crippen molar-refractivity contribution in [1.29, 1.82) is 0 Å². The molecule has 2 aromatic rings. The fourth-order valence-electron chi connectivity index (χ4n) is 3.09. The molecule has 158 valence electrons. The summed E-state index contributed by atoms with van der Waals surface area (Å²) in [6, 6.07) is -0.713. The van der Waals surface area contributed by atoms with Crippen LogP contribution in [0.1, 0.15) is 38.0 Å². The first kappa shape index (κ1) is 21.8. The molecule has 3 N–H and O–H groups in total. The zero-order chi connectivity index (χ0) is 21.3. The van der Waals surface area contributed by atoms with E-state index in [1.54, 1.807) is 11.8 Å². The van der Waals surface area contributed by atoms with E-state index < -0.39 is 24.1 Å². The number of aryl methyl sites for hydroxylation is 1. The normalized spacial score (nSPS) is 19.4. The van der Waals surface area contributed by atoms with E-state index in [-0.39, 0.29) is 33.8 Å². The summed E-state index contributed by atoms with van der Waals surface area (Å²) >= 11 is 13.0. The number of methoxy groups -OCH3 is 1. The van der Waals surface area contributed by atoms with E-state index in [0.29, 0.717) is 29.5 Å². The number of rotatable bonds is 6. The van der Waals surface area contributed by atoms with Crippen LogP contribution in [-0.4, -0.2) is 59.4 Å². The zero-order valence-electron chi connectivity index (χ0n) is 15.6. The second-order valence-corrected chi connectivity index (χ2v) is 8.33. The molecule has 12 heteroatoms. The molecule has 2 atom stereocenters. The Morgan fingerprint density at radius 2 is 2.17 bits per heavy atom. The molecule has 1 amide bonds. The van der Waals surface area contributed by atoms with Crippen LogP contribution in [0.5, 0.6) is 0 Å². The Balaban J connectivity index is 1.68. The third-order valence-corrected chi connectivity index (χ3v) is 6.66. The lowest BCUT2D eigenvalue weighted by atomic mass is 10.0. The zero-order valence-corrected chi connectivity index (χ0v) is 17.9. The van der Waals surface area contributed by atoms with E-state index in [1.165, 1.54) is 7.11 Å². The fourth-order valence-corrected chi connectivity index (χ4v) is 4.45. The maximum Gasteiger partial charge on any atom is 0.347 e. The van der Waals surface area contributed by atoms with Gasteiger partial charge in [0.1, 0.15) is 16.7 Å². The van der Waals surface area contributed by atoms with Crippen LogP contribution >= 0.6 is 34.5 Å². The molecule has 1 aliphatic heterocycles.